The van der Waals surface area contributed by atoms with Crippen LogP contribution in [0.25, 0.3) is 0 Å². The van der Waals surface area contributed by atoms with Gasteiger partial charge >= 0.3 is 0 Å². The molecule has 1 aliphatic heterocycles. The Morgan fingerprint density at radius 2 is 2.21 bits per heavy atom. The number of amides is 1. The standard InChI is InChI=1S/C10H10N2OS/c13-8-12(10-11-6-7-14-10)9-4-2-1-3-5-9/h1-6,8,10H,7H2. The smallest absolute Gasteiger partial charge is 0.216 e. The minimum atomic E-state index is -0.0881. The maximum absolute atomic E-state index is 10.9. The van der Waals surface area contributed by atoms with Gasteiger partial charge in [-0.2, -0.15) is 0 Å². The van der Waals surface area contributed by atoms with Crippen molar-refractivity contribution in [1.29, 1.82) is 0 Å². The van der Waals surface area contributed by atoms with Crippen molar-refractivity contribution in [3.63, 3.8) is 0 Å². The molecule has 2 rings (SSSR count). The zero-order valence-corrected chi connectivity index (χ0v) is 8.35. The summed E-state index contributed by atoms with van der Waals surface area (Å²) in [6.07, 6.45) is 2.67. The first kappa shape index (κ1) is 9.27. The number of benzene rings is 1. The van der Waals surface area contributed by atoms with Crippen LogP contribution in [0.2, 0.25) is 0 Å². The summed E-state index contributed by atoms with van der Waals surface area (Å²) in [5, 5.41) is 0. The van der Waals surface area contributed by atoms with E-state index in [0.717, 1.165) is 17.9 Å². The number of aliphatic imine (C=N–C) groups is 1. The summed E-state index contributed by atoms with van der Waals surface area (Å²) >= 11 is 1.64. The Morgan fingerprint density at radius 3 is 2.79 bits per heavy atom. The van der Waals surface area contributed by atoms with Gasteiger partial charge in [-0.15, -0.1) is 11.8 Å². The lowest BCUT2D eigenvalue weighted by Gasteiger charge is -2.21. The number of para-hydroxylation sites is 1. The molecule has 1 aliphatic rings. The van der Waals surface area contributed by atoms with Crippen molar-refractivity contribution in [3.8, 4) is 0 Å². The van der Waals surface area contributed by atoms with E-state index < -0.39 is 0 Å². The van der Waals surface area contributed by atoms with E-state index >= 15 is 0 Å². The number of carbonyl (C=O) groups excluding carboxylic acids is 1. The van der Waals surface area contributed by atoms with E-state index in [4.69, 9.17) is 0 Å². The molecule has 1 unspecified atom stereocenters. The molecule has 0 saturated carbocycles. The molecule has 4 heteroatoms. The molecule has 0 spiro atoms. The summed E-state index contributed by atoms with van der Waals surface area (Å²) in [4.78, 5) is 16.8. The predicted molar refractivity (Wildman–Crippen MR) is 59.7 cm³/mol. The average Bonchev–Trinajstić information content (AvgIpc) is 2.74. The van der Waals surface area contributed by atoms with Gasteiger partial charge in [0.15, 0.2) is 5.50 Å². The van der Waals surface area contributed by atoms with Crippen LogP contribution in [0.15, 0.2) is 35.3 Å². The van der Waals surface area contributed by atoms with Crippen LogP contribution in [0.3, 0.4) is 0 Å². The number of carbonyl (C=O) groups is 1. The molecule has 1 amide bonds. The third-order valence-electron chi connectivity index (χ3n) is 1.96. The molecular weight excluding hydrogens is 196 g/mol. The van der Waals surface area contributed by atoms with Crippen molar-refractivity contribution in [2.45, 2.75) is 5.50 Å². The highest BCUT2D eigenvalue weighted by molar-refractivity contribution is 8.00. The summed E-state index contributed by atoms with van der Waals surface area (Å²) < 4.78 is 0. The molecule has 0 N–H and O–H groups in total. The van der Waals surface area contributed by atoms with E-state index in [1.165, 1.54) is 0 Å². The van der Waals surface area contributed by atoms with Crippen LogP contribution in [-0.2, 0) is 4.79 Å². The van der Waals surface area contributed by atoms with Gasteiger partial charge in [-0.1, -0.05) is 18.2 Å². The maximum Gasteiger partial charge on any atom is 0.216 e. The van der Waals surface area contributed by atoms with Crippen LogP contribution < -0.4 is 4.90 Å². The van der Waals surface area contributed by atoms with E-state index in [2.05, 4.69) is 4.99 Å². The second-order valence-corrected chi connectivity index (χ2v) is 3.93. The molecule has 3 nitrogen and oxygen atoms in total. The topological polar surface area (TPSA) is 32.7 Å². The molecule has 72 valence electrons. The Balaban J connectivity index is 2.21. The predicted octanol–water partition coefficient (Wildman–Crippen LogP) is 1.75. The van der Waals surface area contributed by atoms with Gasteiger partial charge in [0.05, 0.1) is 0 Å². The second-order valence-electron chi connectivity index (χ2n) is 2.84. The molecule has 0 aliphatic carbocycles. The number of rotatable bonds is 3. The summed E-state index contributed by atoms with van der Waals surface area (Å²) in [7, 11) is 0. The number of hydrogen-bond acceptors (Lipinski definition) is 3. The largest absolute Gasteiger partial charge is 0.283 e. The Hall–Kier alpha value is -1.29. The lowest BCUT2D eigenvalue weighted by molar-refractivity contribution is -0.107. The lowest BCUT2D eigenvalue weighted by atomic mass is 10.3. The normalized spacial score (nSPS) is 19.6. The van der Waals surface area contributed by atoms with E-state index in [0.29, 0.717) is 0 Å². The Morgan fingerprint density at radius 1 is 1.43 bits per heavy atom. The highest BCUT2D eigenvalue weighted by atomic mass is 32.2. The van der Waals surface area contributed by atoms with Gasteiger partial charge in [0.2, 0.25) is 6.41 Å². The summed E-state index contributed by atoms with van der Waals surface area (Å²) in [6, 6.07) is 9.56. The van der Waals surface area contributed by atoms with E-state index in [-0.39, 0.29) is 5.50 Å². The highest BCUT2D eigenvalue weighted by Crippen LogP contribution is 2.25. The molecule has 0 saturated heterocycles. The van der Waals surface area contributed by atoms with Gasteiger partial charge in [-0.3, -0.25) is 14.7 Å². The third-order valence-corrected chi connectivity index (χ3v) is 2.95. The van der Waals surface area contributed by atoms with E-state index in [1.807, 2.05) is 36.5 Å². The minimum absolute atomic E-state index is 0.0881. The first-order valence-electron chi connectivity index (χ1n) is 4.34. The second kappa shape index (κ2) is 4.28. The molecule has 1 atom stereocenters. The van der Waals surface area contributed by atoms with Crippen molar-refractivity contribution in [2.75, 3.05) is 10.7 Å². The molecule has 1 aromatic rings. The molecule has 0 aromatic heterocycles. The third kappa shape index (κ3) is 1.80. The average molecular weight is 206 g/mol. The van der Waals surface area contributed by atoms with Crippen LogP contribution in [0.1, 0.15) is 0 Å². The number of anilines is 1. The first-order valence-corrected chi connectivity index (χ1v) is 5.38. The van der Waals surface area contributed by atoms with Crippen LogP contribution in [0.4, 0.5) is 5.69 Å². The van der Waals surface area contributed by atoms with E-state index in [1.54, 1.807) is 16.7 Å². The minimum Gasteiger partial charge on any atom is -0.283 e. The van der Waals surface area contributed by atoms with Crippen molar-refractivity contribution in [1.82, 2.24) is 0 Å². The fraction of sp³-hybridized carbons (Fsp3) is 0.200. The molecule has 14 heavy (non-hydrogen) atoms. The van der Waals surface area contributed by atoms with Crippen LogP contribution in [0, 0.1) is 0 Å². The van der Waals surface area contributed by atoms with Gasteiger partial charge in [0, 0.05) is 17.7 Å². The quantitative estimate of drug-likeness (QED) is 0.706. The molecule has 1 heterocycles. The fourth-order valence-corrected chi connectivity index (χ4v) is 2.15. The maximum atomic E-state index is 10.9. The van der Waals surface area contributed by atoms with Gasteiger partial charge < -0.3 is 0 Å². The summed E-state index contributed by atoms with van der Waals surface area (Å²) in [5.74, 6) is 0.877. The Kier molecular flexibility index (Phi) is 2.84. The molecule has 1 aromatic carbocycles. The molecule has 0 radical (unpaired) electrons. The van der Waals surface area contributed by atoms with Crippen LogP contribution in [-0.4, -0.2) is 23.9 Å². The fourth-order valence-electron chi connectivity index (χ4n) is 1.30. The van der Waals surface area contributed by atoms with Crippen molar-refractivity contribution >= 4 is 30.1 Å². The highest BCUT2D eigenvalue weighted by Gasteiger charge is 2.19. The number of hydrogen-bond donors (Lipinski definition) is 0. The van der Waals surface area contributed by atoms with Crippen molar-refractivity contribution in [2.24, 2.45) is 4.99 Å². The van der Waals surface area contributed by atoms with Crippen LogP contribution in [0.5, 0.6) is 0 Å². The Labute approximate surface area is 86.8 Å². The van der Waals surface area contributed by atoms with Gasteiger partial charge in [0.25, 0.3) is 0 Å². The van der Waals surface area contributed by atoms with Crippen molar-refractivity contribution < 1.29 is 4.79 Å². The SMILES string of the molecule is O=CN(c1ccccc1)C1N=CCS1. The number of nitrogens with zero attached hydrogens (tertiary/aromatic N) is 2. The number of thioether (sulfide) groups is 1. The molecule has 0 fully saturated rings. The zero-order chi connectivity index (χ0) is 9.80. The van der Waals surface area contributed by atoms with Crippen LogP contribution >= 0.6 is 11.8 Å². The summed E-state index contributed by atoms with van der Waals surface area (Å²) in [6.45, 7) is 0. The van der Waals surface area contributed by atoms with Gasteiger partial charge in [0.1, 0.15) is 0 Å². The summed E-state index contributed by atoms with van der Waals surface area (Å²) in [5.41, 5.74) is 0.800. The zero-order valence-electron chi connectivity index (χ0n) is 7.54. The molecular formula is C10H10N2OS. The molecule has 0 bridgehead atoms. The lowest BCUT2D eigenvalue weighted by Crippen LogP contribution is -2.28. The monoisotopic (exact) mass is 206 g/mol. The van der Waals surface area contributed by atoms with E-state index in [9.17, 15) is 4.79 Å². The first-order chi connectivity index (χ1) is 6.92. The van der Waals surface area contributed by atoms with Crippen molar-refractivity contribution in [3.05, 3.63) is 30.3 Å². The van der Waals surface area contributed by atoms with Gasteiger partial charge in [-0.25, -0.2) is 0 Å². The Bertz CT molecular complexity index is 339. The van der Waals surface area contributed by atoms with Gasteiger partial charge in [-0.05, 0) is 12.1 Å².